The summed E-state index contributed by atoms with van der Waals surface area (Å²) in [5, 5.41) is 25.1. The minimum absolute atomic E-state index is 0.0534. The fourth-order valence-electron chi connectivity index (χ4n) is 2.32. The topological polar surface area (TPSA) is 185 Å². The molecule has 0 aromatic heterocycles. The van der Waals surface area contributed by atoms with E-state index in [0.29, 0.717) is 21.9 Å². The molecule has 0 heterocycles. The predicted octanol–water partition coefficient (Wildman–Crippen LogP) is 2.02. The Kier molecular flexibility index (Phi) is 10.6. The van der Waals surface area contributed by atoms with E-state index in [1.165, 1.54) is 0 Å². The highest BCUT2D eigenvalue weighted by atomic mass is 127. The fourth-order valence-corrected chi connectivity index (χ4v) is 3.81. The largest absolute Gasteiger partial charge is 0.469 e. The van der Waals surface area contributed by atoms with Gasteiger partial charge >= 0.3 is 7.82 Å². The van der Waals surface area contributed by atoms with E-state index in [9.17, 15) is 29.6 Å². The summed E-state index contributed by atoms with van der Waals surface area (Å²) in [6.07, 6.45) is 0. The Morgan fingerprint density at radius 3 is 2.21 bits per heavy atom. The van der Waals surface area contributed by atoms with Crippen LogP contribution in [0.15, 0.2) is 12.1 Å². The van der Waals surface area contributed by atoms with Gasteiger partial charge in [-0.05, 0) is 0 Å². The number of anilines is 1. The Morgan fingerprint density at radius 2 is 1.76 bits per heavy atom. The number of hydrogen-bond acceptors (Lipinski definition) is 8. The number of non-ortho nitro benzene ring substituents is 1. The van der Waals surface area contributed by atoms with E-state index in [-0.39, 0.29) is 17.8 Å². The first-order chi connectivity index (χ1) is 13.5. The highest BCUT2D eigenvalue weighted by Gasteiger charge is 2.30. The molecule has 0 saturated carbocycles. The molecule has 0 atom stereocenters. The molecular weight excluding hydrogens is 641 g/mol. The normalized spacial score (nSPS) is 11.2. The second-order valence-electron chi connectivity index (χ2n) is 5.32. The number of rotatable bonds is 12. The van der Waals surface area contributed by atoms with E-state index in [4.69, 9.17) is 9.79 Å². The molecular formula is C13H17I2N4O9P. The third-order valence-corrected chi connectivity index (χ3v) is 4.88. The second kappa shape index (κ2) is 11.9. The Morgan fingerprint density at radius 1 is 1.17 bits per heavy atom. The number of halogens is 2. The molecule has 0 saturated heterocycles. The number of nitro benzene ring substituents is 2. The Bertz CT molecular complexity index is 814. The summed E-state index contributed by atoms with van der Waals surface area (Å²) in [6, 6.07) is 1.74. The van der Waals surface area contributed by atoms with Crippen molar-refractivity contribution in [1.82, 2.24) is 5.32 Å². The van der Waals surface area contributed by atoms with Crippen LogP contribution in [0.25, 0.3) is 0 Å². The zero-order valence-corrected chi connectivity index (χ0v) is 19.9. The third-order valence-electron chi connectivity index (χ3n) is 3.40. The van der Waals surface area contributed by atoms with Crippen LogP contribution < -0.4 is 10.2 Å². The van der Waals surface area contributed by atoms with Crippen LogP contribution in [-0.2, 0) is 9.09 Å². The smallest absolute Gasteiger partial charge is 0.364 e. The van der Waals surface area contributed by atoms with Gasteiger partial charge in [-0.2, -0.15) is 0 Å². The van der Waals surface area contributed by atoms with Gasteiger partial charge in [-0.25, -0.2) is 4.57 Å². The summed E-state index contributed by atoms with van der Waals surface area (Å²) < 4.78 is 16.1. The minimum atomic E-state index is -4.72. The molecule has 1 aromatic carbocycles. The number of nitrogens with zero attached hydrogens (tertiary/aromatic N) is 3. The van der Waals surface area contributed by atoms with Crippen LogP contribution in [0.3, 0.4) is 0 Å². The number of phosphoric ester groups is 1. The van der Waals surface area contributed by atoms with Gasteiger partial charge in [0.2, 0.25) is 0 Å². The Hall–Kier alpha value is -1.14. The maximum absolute atomic E-state index is 12.6. The van der Waals surface area contributed by atoms with E-state index >= 15 is 0 Å². The zero-order valence-electron chi connectivity index (χ0n) is 14.7. The van der Waals surface area contributed by atoms with E-state index < -0.39 is 41.6 Å². The van der Waals surface area contributed by atoms with Crippen LogP contribution in [0.4, 0.5) is 17.1 Å². The first kappa shape index (κ1) is 25.9. The summed E-state index contributed by atoms with van der Waals surface area (Å²) in [5.41, 5.74) is -1.54. The number of benzene rings is 1. The minimum Gasteiger partial charge on any atom is -0.364 e. The molecule has 0 unspecified atom stereocenters. The summed E-state index contributed by atoms with van der Waals surface area (Å²) in [4.78, 5) is 52.6. The average molecular weight is 658 g/mol. The van der Waals surface area contributed by atoms with Gasteiger partial charge in [-0.3, -0.25) is 29.5 Å². The first-order valence-corrected chi connectivity index (χ1v) is 12.4. The molecule has 0 aliphatic heterocycles. The molecule has 29 heavy (non-hydrogen) atoms. The van der Waals surface area contributed by atoms with Crippen molar-refractivity contribution in [3.8, 4) is 0 Å². The lowest BCUT2D eigenvalue weighted by Crippen LogP contribution is -2.33. The van der Waals surface area contributed by atoms with Gasteiger partial charge in [0.1, 0.15) is 5.69 Å². The Labute approximate surface area is 192 Å². The molecule has 0 aliphatic carbocycles. The number of carbonyl (C=O) groups excluding carboxylic acids is 1. The quantitative estimate of drug-likeness (QED) is 0.0750. The van der Waals surface area contributed by atoms with Crippen molar-refractivity contribution in [3.05, 3.63) is 37.9 Å². The summed E-state index contributed by atoms with van der Waals surface area (Å²) >= 11 is 4.13. The van der Waals surface area contributed by atoms with E-state index in [0.717, 1.165) is 12.1 Å². The summed E-state index contributed by atoms with van der Waals surface area (Å²) in [6.45, 7) is -0.111. The van der Waals surface area contributed by atoms with Gasteiger partial charge in [-0.15, -0.1) is 0 Å². The molecule has 0 spiro atoms. The van der Waals surface area contributed by atoms with Crippen molar-refractivity contribution in [3.63, 3.8) is 0 Å². The van der Waals surface area contributed by atoms with Crippen molar-refractivity contribution < 1.29 is 33.5 Å². The van der Waals surface area contributed by atoms with Crippen LogP contribution >= 0.6 is 53.0 Å². The lowest BCUT2D eigenvalue weighted by atomic mass is 10.1. The number of hydrogen-bond donors (Lipinski definition) is 3. The van der Waals surface area contributed by atoms with Crippen molar-refractivity contribution in [2.75, 3.05) is 40.0 Å². The average Bonchev–Trinajstić information content (AvgIpc) is 2.62. The van der Waals surface area contributed by atoms with Gasteiger partial charge in [0, 0.05) is 34.6 Å². The van der Waals surface area contributed by atoms with E-state index in [2.05, 4.69) is 55.0 Å². The van der Waals surface area contributed by atoms with Crippen LogP contribution in [0.2, 0.25) is 0 Å². The molecule has 13 nitrogen and oxygen atoms in total. The number of alkyl halides is 2. The molecule has 1 aromatic rings. The van der Waals surface area contributed by atoms with Gasteiger partial charge in [-0.1, -0.05) is 45.2 Å². The monoisotopic (exact) mass is 658 g/mol. The first-order valence-electron chi connectivity index (χ1n) is 7.83. The summed E-state index contributed by atoms with van der Waals surface area (Å²) in [5.74, 6) is -0.868. The Balaban J connectivity index is 3.39. The maximum atomic E-state index is 12.6. The predicted molar refractivity (Wildman–Crippen MR) is 120 cm³/mol. The number of phosphoric acid groups is 1. The van der Waals surface area contributed by atoms with Gasteiger partial charge in [0.05, 0.1) is 28.1 Å². The highest BCUT2D eigenvalue weighted by Crippen LogP contribution is 2.37. The van der Waals surface area contributed by atoms with Crippen molar-refractivity contribution in [2.45, 2.75) is 0 Å². The van der Waals surface area contributed by atoms with Crippen LogP contribution in [-0.4, -0.2) is 60.6 Å². The number of nitrogens with one attached hydrogen (secondary N) is 1. The van der Waals surface area contributed by atoms with Crippen molar-refractivity contribution >= 4 is 76.0 Å². The van der Waals surface area contributed by atoms with E-state index in [1.807, 2.05) is 0 Å². The van der Waals surface area contributed by atoms with Gasteiger partial charge in [0.15, 0.2) is 0 Å². The third kappa shape index (κ3) is 8.25. The highest BCUT2D eigenvalue weighted by molar-refractivity contribution is 14.1. The fraction of sp³-hybridized carbons (Fsp3) is 0.462. The lowest BCUT2D eigenvalue weighted by molar-refractivity contribution is -0.393. The number of carbonyl (C=O) groups is 1. The van der Waals surface area contributed by atoms with Gasteiger partial charge < -0.3 is 20.0 Å². The molecule has 0 radical (unpaired) electrons. The molecule has 1 rings (SSSR count). The van der Waals surface area contributed by atoms with Crippen LogP contribution in [0.1, 0.15) is 10.4 Å². The van der Waals surface area contributed by atoms with Crippen LogP contribution in [0, 0.1) is 20.2 Å². The second-order valence-corrected chi connectivity index (χ2v) is 8.72. The molecule has 3 N–H and O–H groups in total. The molecule has 0 fully saturated rings. The van der Waals surface area contributed by atoms with Crippen molar-refractivity contribution in [2.24, 2.45) is 0 Å². The van der Waals surface area contributed by atoms with Gasteiger partial charge in [0.25, 0.3) is 17.3 Å². The van der Waals surface area contributed by atoms with E-state index in [1.54, 1.807) is 4.90 Å². The van der Waals surface area contributed by atoms with Crippen molar-refractivity contribution in [1.29, 1.82) is 0 Å². The standard InChI is InChI=1S/C13H17I2N4O9P/c14-1-4-17(5-2-15)12-10(13(20)16-3-6-28-29(25,26)27)7-9(18(21)22)8-11(12)19(23)24/h7-8H,1-6H2,(H,16,20)(H2,25,26,27). The molecule has 0 aliphatic rings. The lowest BCUT2D eigenvalue weighted by Gasteiger charge is -2.25. The number of nitro groups is 2. The molecule has 16 heteroatoms. The van der Waals surface area contributed by atoms with Crippen LogP contribution in [0.5, 0.6) is 0 Å². The molecule has 0 bridgehead atoms. The molecule has 162 valence electrons. The molecule has 1 amide bonds. The maximum Gasteiger partial charge on any atom is 0.469 e. The summed E-state index contributed by atoms with van der Waals surface area (Å²) in [7, 11) is -4.72. The zero-order chi connectivity index (χ0) is 22.2. The number of amides is 1. The SMILES string of the molecule is O=C(NCCOP(=O)(O)O)c1cc([N+](=O)[O-])cc([N+](=O)[O-])c1N(CCI)CCI.